The molecule has 0 aromatic heterocycles. The van der Waals surface area contributed by atoms with Gasteiger partial charge in [-0.25, -0.2) is 4.79 Å². The van der Waals surface area contributed by atoms with Crippen molar-refractivity contribution >= 4 is 18.0 Å². The van der Waals surface area contributed by atoms with Gasteiger partial charge in [-0.15, -0.1) is 6.58 Å². The first-order valence-corrected chi connectivity index (χ1v) is 8.03. The molecule has 0 radical (unpaired) electrons. The maximum absolute atomic E-state index is 12.2. The standard InChI is InChI=1S/C19H22O5/c1-2-13-23-16-10-6-15(7-11-16)19(22)24-17-8-3-14(4-9-17)5-12-18(20)21/h2-5,8-9,12,15-16H,1,6-7,10-11,13H2,(H,20,21)/b12-5+. The van der Waals surface area contributed by atoms with E-state index in [0.29, 0.717) is 12.4 Å². The lowest BCUT2D eigenvalue weighted by Gasteiger charge is -2.26. The molecule has 0 atom stereocenters. The molecule has 0 aliphatic heterocycles. The lowest BCUT2D eigenvalue weighted by molar-refractivity contribution is -0.141. The highest BCUT2D eigenvalue weighted by Gasteiger charge is 2.27. The number of esters is 1. The van der Waals surface area contributed by atoms with Crippen molar-refractivity contribution in [2.24, 2.45) is 5.92 Å². The second-order valence-corrected chi connectivity index (χ2v) is 5.76. The summed E-state index contributed by atoms with van der Waals surface area (Å²) in [5, 5.41) is 8.59. The van der Waals surface area contributed by atoms with E-state index in [9.17, 15) is 9.59 Å². The van der Waals surface area contributed by atoms with Crippen LogP contribution in [-0.2, 0) is 14.3 Å². The van der Waals surface area contributed by atoms with Gasteiger partial charge in [0.05, 0.1) is 18.6 Å². The first-order valence-electron chi connectivity index (χ1n) is 8.03. The fraction of sp³-hybridized carbons (Fsp3) is 0.368. The summed E-state index contributed by atoms with van der Waals surface area (Å²) in [5.41, 5.74) is 0.733. The van der Waals surface area contributed by atoms with Gasteiger partial charge in [0.2, 0.25) is 0 Å². The minimum absolute atomic E-state index is 0.0971. The molecule has 2 rings (SSSR count). The van der Waals surface area contributed by atoms with Crippen molar-refractivity contribution < 1.29 is 24.2 Å². The van der Waals surface area contributed by atoms with Crippen LogP contribution in [0.4, 0.5) is 0 Å². The molecule has 1 aromatic rings. The largest absolute Gasteiger partial charge is 0.478 e. The predicted octanol–water partition coefficient (Wildman–Crippen LogP) is 3.45. The molecule has 0 saturated heterocycles. The van der Waals surface area contributed by atoms with Gasteiger partial charge in [-0.2, -0.15) is 0 Å². The van der Waals surface area contributed by atoms with Crippen LogP contribution < -0.4 is 4.74 Å². The van der Waals surface area contributed by atoms with Crippen LogP contribution in [0.2, 0.25) is 0 Å². The Balaban J connectivity index is 1.82. The number of carboxylic acids is 1. The van der Waals surface area contributed by atoms with E-state index in [1.165, 1.54) is 6.08 Å². The summed E-state index contributed by atoms with van der Waals surface area (Å²) in [6, 6.07) is 6.75. The second kappa shape index (κ2) is 9.03. The number of hydrogen-bond donors (Lipinski definition) is 1. The molecule has 0 unspecified atom stereocenters. The highest BCUT2D eigenvalue weighted by Crippen LogP contribution is 2.28. The minimum atomic E-state index is -1.00. The van der Waals surface area contributed by atoms with E-state index in [1.54, 1.807) is 30.3 Å². The number of ether oxygens (including phenoxy) is 2. The van der Waals surface area contributed by atoms with Gasteiger partial charge in [0.15, 0.2) is 0 Å². The van der Waals surface area contributed by atoms with Crippen LogP contribution in [0.1, 0.15) is 31.2 Å². The highest BCUT2D eigenvalue weighted by atomic mass is 16.5. The summed E-state index contributed by atoms with van der Waals surface area (Å²) in [7, 11) is 0. The van der Waals surface area contributed by atoms with Gasteiger partial charge >= 0.3 is 11.9 Å². The van der Waals surface area contributed by atoms with E-state index >= 15 is 0 Å². The molecule has 1 aromatic carbocycles. The number of hydrogen-bond acceptors (Lipinski definition) is 4. The topological polar surface area (TPSA) is 72.8 Å². The Kier molecular flexibility index (Phi) is 6.75. The molecule has 1 saturated carbocycles. The van der Waals surface area contributed by atoms with E-state index < -0.39 is 5.97 Å². The third-order valence-electron chi connectivity index (χ3n) is 3.97. The van der Waals surface area contributed by atoms with E-state index in [-0.39, 0.29) is 18.0 Å². The van der Waals surface area contributed by atoms with E-state index in [0.717, 1.165) is 37.3 Å². The van der Waals surface area contributed by atoms with Gasteiger partial charge in [-0.3, -0.25) is 4.79 Å². The zero-order valence-electron chi connectivity index (χ0n) is 13.5. The van der Waals surface area contributed by atoms with Gasteiger partial charge in [-0.1, -0.05) is 18.2 Å². The second-order valence-electron chi connectivity index (χ2n) is 5.76. The Morgan fingerprint density at radius 3 is 2.42 bits per heavy atom. The van der Waals surface area contributed by atoms with E-state index in [2.05, 4.69) is 6.58 Å². The van der Waals surface area contributed by atoms with Gasteiger partial charge in [0.25, 0.3) is 0 Å². The number of benzene rings is 1. The maximum Gasteiger partial charge on any atom is 0.328 e. The molecular weight excluding hydrogens is 308 g/mol. The average Bonchev–Trinajstić information content (AvgIpc) is 2.59. The molecular formula is C19H22O5. The lowest BCUT2D eigenvalue weighted by atomic mass is 9.87. The number of carboxylic acid groups (broad SMARTS) is 1. The third kappa shape index (κ3) is 5.66. The summed E-state index contributed by atoms with van der Waals surface area (Å²) in [5.74, 6) is -0.846. The van der Waals surface area contributed by atoms with Crippen LogP contribution in [0.15, 0.2) is 43.0 Å². The molecule has 128 valence electrons. The van der Waals surface area contributed by atoms with Crippen LogP contribution in [0.3, 0.4) is 0 Å². The van der Waals surface area contributed by atoms with Crippen LogP contribution in [0, 0.1) is 5.92 Å². The van der Waals surface area contributed by atoms with Gasteiger partial charge < -0.3 is 14.6 Å². The number of aliphatic carboxylic acids is 1. The molecule has 1 aliphatic rings. The molecule has 0 amide bonds. The molecule has 24 heavy (non-hydrogen) atoms. The highest BCUT2D eigenvalue weighted by molar-refractivity contribution is 5.85. The molecule has 1 fully saturated rings. The van der Waals surface area contributed by atoms with Crippen LogP contribution in [0.25, 0.3) is 6.08 Å². The third-order valence-corrected chi connectivity index (χ3v) is 3.97. The zero-order valence-corrected chi connectivity index (χ0v) is 13.5. The van der Waals surface area contributed by atoms with Crippen molar-refractivity contribution in [2.45, 2.75) is 31.8 Å². The number of rotatable bonds is 7. The van der Waals surface area contributed by atoms with Gasteiger partial charge in [0.1, 0.15) is 5.75 Å². The summed E-state index contributed by atoms with van der Waals surface area (Å²) in [6.45, 7) is 4.17. The summed E-state index contributed by atoms with van der Waals surface area (Å²) < 4.78 is 11.0. The van der Waals surface area contributed by atoms with Crippen molar-refractivity contribution in [3.63, 3.8) is 0 Å². The number of carbonyl (C=O) groups is 2. The Morgan fingerprint density at radius 2 is 1.83 bits per heavy atom. The minimum Gasteiger partial charge on any atom is -0.478 e. The molecule has 1 N–H and O–H groups in total. The van der Waals surface area contributed by atoms with Gasteiger partial charge in [0, 0.05) is 6.08 Å². The summed E-state index contributed by atoms with van der Waals surface area (Å²) >= 11 is 0. The van der Waals surface area contributed by atoms with E-state index in [4.69, 9.17) is 14.6 Å². The van der Waals surface area contributed by atoms with Crippen LogP contribution >= 0.6 is 0 Å². The normalized spacial score (nSPS) is 20.7. The Hall–Kier alpha value is -2.40. The van der Waals surface area contributed by atoms with Crippen molar-refractivity contribution in [1.29, 1.82) is 0 Å². The molecule has 0 bridgehead atoms. The molecule has 5 nitrogen and oxygen atoms in total. The Bertz CT molecular complexity index is 595. The monoisotopic (exact) mass is 330 g/mol. The lowest BCUT2D eigenvalue weighted by Crippen LogP contribution is -2.28. The predicted molar refractivity (Wildman–Crippen MR) is 90.6 cm³/mol. The van der Waals surface area contributed by atoms with Gasteiger partial charge in [-0.05, 0) is 49.5 Å². The molecule has 5 heteroatoms. The fourth-order valence-corrected chi connectivity index (χ4v) is 2.68. The van der Waals surface area contributed by atoms with Crippen molar-refractivity contribution in [3.8, 4) is 5.75 Å². The fourth-order valence-electron chi connectivity index (χ4n) is 2.68. The Morgan fingerprint density at radius 1 is 1.17 bits per heavy atom. The zero-order chi connectivity index (χ0) is 17.4. The van der Waals surface area contributed by atoms with Crippen molar-refractivity contribution in [3.05, 3.63) is 48.6 Å². The number of carbonyl (C=O) groups excluding carboxylic acids is 1. The Labute approximate surface area is 141 Å². The molecule has 0 spiro atoms. The van der Waals surface area contributed by atoms with Crippen molar-refractivity contribution in [1.82, 2.24) is 0 Å². The SMILES string of the molecule is C=CCOC1CCC(C(=O)Oc2ccc(/C=C/C(=O)O)cc2)CC1. The smallest absolute Gasteiger partial charge is 0.328 e. The summed E-state index contributed by atoms with van der Waals surface area (Å²) in [4.78, 5) is 22.7. The maximum atomic E-state index is 12.2. The van der Waals surface area contributed by atoms with E-state index in [1.807, 2.05) is 0 Å². The first-order chi connectivity index (χ1) is 11.6. The first kappa shape index (κ1) is 17.9. The average molecular weight is 330 g/mol. The molecule has 1 aliphatic carbocycles. The van der Waals surface area contributed by atoms with Crippen LogP contribution in [-0.4, -0.2) is 29.8 Å². The summed E-state index contributed by atoms with van der Waals surface area (Å²) in [6.07, 6.45) is 7.72. The molecule has 0 heterocycles. The van der Waals surface area contributed by atoms with Crippen LogP contribution in [0.5, 0.6) is 5.75 Å². The quantitative estimate of drug-likeness (QED) is 0.359. The van der Waals surface area contributed by atoms with Crippen molar-refractivity contribution in [2.75, 3.05) is 6.61 Å².